The Morgan fingerprint density at radius 3 is 2.64 bits per heavy atom. The molecule has 2 aromatic rings. The van der Waals surface area contributed by atoms with Crippen LogP contribution in [0.4, 0.5) is 4.39 Å². The van der Waals surface area contributed by atoms with Gasteiger partial charge in [-0.3, -0.25) is 4.98 Å². The summed E-state index contributed by atoms with van der Waals surface area (Å²) in [7, 11) is 1.45. The van der Waals surface area contributed by atoms with Crippen molar-refractivity contribution in [1.82, 2.24) is 4.98 Å². The van der Waals surface area contributed by atoms with E-state index in [9.17, 15) is 4.39 Å². The van der Waals surface area contributed by atoms with E-state index in [4.69, 9.17) is 9.47 Å². The number of rotatable bonds is 6. The average molecular weight is 358 g/mol. The first-order valence-corrected chi connectivity index (χ1v) is 8.54. The summed E-state index contributed by atoms with van der Waals surface area (Å²) in [5, 5.41) is 2.41. The van der Waals surface area contributed by atoms with Crippen LogP contribution in [0.5, 0.6) is 5.75 Å². The molecule has 1 saturated carbocycles. The summed E-state index contributed by atoms with van der Waals surface area (Å²) in [6.45, 7) is 1.98. The van der Waals surface area contributed by atoms with Crippen molar-refractivity contribution in [3.8, 4) is 16.9 Å². The second kappa shape index (κ2) is 7.83. The van der Waals surface area contributed by atoms with Gasteiger partial charge >= 0.3 is 0 Å². The van der Waals surface area contributed by atoms with Crippen LogP contribution < -0.4 is 4.74 Å². The van der Waals surface area contributed by atoms with Crippen molar-refractivity contribution in [1.29, 1.82) is 0 Å². The molecule has 0 amide bonds. The van der Waals surface area contributed by atoms with Gasteiger partial charge in [0.1, 0.15) is 0 Å². The van der Waals surface area contributed by atoms with E-state index in [0.29, 0.717) is 0 Å². The number of aromatic nitrogens is 1. The third-order valence-electron chi connectivity index (χ3n) is 4.39. The number of isothiocyanates is 1. The first-order chi connectivity index (χ1) is 12.1. The Kier molecular flexibility index (Phi) is 5.53. The summed E-state index contributed by atoms with van der Waals surface area (Å²) in [5.41, 5.74) is 2.45. The number of benzene rings is 1. The number of methoxy groups -OCH3 is 1. The summed E-state index contributed by atoms with van der Waals surface area (Å²) >= 11 is 4.61. The molecule has 1 heterocycles. The molecular formula is C19H19FN2O2S. The van der Waals surface area contributed by atoms with Gasteiger partial charge in [-0.05, 0) is 55.7 Å². The highest BCUT2D eigenvalue weighted by molar-refractivity contribution is 7.78. The summed E-state index contributed by atoms with van der Waals surface area (Å²) in [4.78, 5) is 8.52. The topological polar surface area (TPSA) is 43.7 Å². The zero-order chi connectivity index (χ0) is 17.8. The molecule has 1 aliphatic carbocycles. The van der Waals surface area contributed by atoms with Crippen LogP contribution in [0.25, 0.3) is 11.1 Å². The molecule has 3 rings (SSSR count). The van der Waals surface area contributed by atoms with Crippen LogP contribution in [0.2, 0.25) is 0 Å². The number of nitrogens with zero attached hydrogens (tertiary/aromatic N) is 2. The van der Waals surface area contributed by atoms with Crippen LogP contribution >= 0.6 is 12.2 Å². The fourth-order valence-electron chi connectivity index (χ4n) is 2.85. The standard InChI is InChI=1S/C19H19FN2O2S/c1-12(24-16-8-15(9-16)22-11-25)18-5-3-14(10-21-18)13-4-6-19(23-2)17(20)7-13/h3-7,10,12,15-16H,8-9H2,1-2H3/t12?,15-,16+. The number of hydrogen-bond donors (Lipinski definition) is 0. The van der Waals surface area contributed by atoms with Crippen LogP contribution in [0.1, 0.15) is 31.6 Å². The normalized spacial score (nSPS) is 20.3. The molecule has 1 aromatic carbocycles. The molecule has 0 radical (unpaired) electrons. The molecule has 25 heavy (non-hydrogen) atoms. The van der Waals surface area contributed by atoms with Crippen molar-refractivity contribution < 1.29 is 13.9 Å². The lowest BCUT2D eigenvalue weighted by atomic mass is 9.90. The molecule has 1 fully saturated rings. The second-order valence-corrected chi connectivity index (χ2v) is 6.25. The van der Waals surface area contributed by atoms with Crippen molar-refractivity contribution in [2.45, 2.75) is 38.0 Å². The Hall–Kier alpha value is -2.14. The SMILES string of the molecule is COc1ccc(-c2ccc(C(C)O[C@H]3C[C@@H](N=C=S)C3)nc2)cc1F. The van der Waals surface area contributed by atoms with E-state index in [1.807, 2.05) is 25.1 Å². The number of pyridine rings is 1. The van der Waals surface area contributed by atoms with Crippen molar-refractivity contribution >= 4 is 17.4 Å². The van der Waals surface area contributed by atoms with E-state index in [1.54, 1.807) is 12.3 Å². The predicted molar refractivity (Wildman–Crippen MR) is 97.5 cm³/mol. The largest absolute Gasteiger partial charge is 0.494 e. The first kappa shape index (κ1) is 17.7. The molecule has 0 spiro atoms. The quantitative estimate of drug-likeness (QED) is 0.559. The molecule has 6 heteroatoms. The van der Waals surface area contributed by atoms with Crippen molar-refractivity contribution in [2.24, 2.45) is 4.99 Å². The number of thiocarbonyl (C=S) groups is 1. The maximum absolute atomic E-state index is 13.8. The van der Waals surface area contributed by atoms with Gasteiger partial charge in [-0.2, -0.15) is 0 Å². The second-order valence-electron chi connectivity index (χ2n) is 6.07. The molecule has 0 aliphatic heterocycles. The first-order valence-electron chi connectivity index (χ1n) is 8.13. The number of halogens is 1. The third kappa shape index (κ3) is 4.10. The minimum atomic E-state index is -0.390. The fourth-order valence-corrected chi connectivity index (χ4v) is 3.00. The Bertz CT molecular complexity index is 785. The van der Waals surface area contributed by atoms with Gasteiger partial charge in [0.2, 0.25) is 0 Å². The molecule has 0 saturated heterocycles. The molecule has 1 aromatic heterocycles. The fraction of sp³-hybridized carbons (Fsp3) is 0.368. The monoisotopic (exact) mass is 358 g/mol. The predicted octanol–water partition coefficient (Wildman–Crippen LogP) is 4.61. The lowest BCUT2D eigenvalue weighted by Crippen LogP contribution is -2.35. The van der Waals surface area contributed by atoms with Crippen LogP contribution in [0.15, 0.2) is 41.5 Å². The highest BCUT2D eigenvalue weighted by atomic mass is 32.1. The maximum Gasteiger partial charge on any atom is 0.165 e. The summed E-state index contributed by atoms with van der Waals surface area (Å²) in [5.74, 6) is -0.161. The van der Waals surface area contributed by atoms with E-state index in [1.165, 1.54) is 13.2 Å². The van der Waals surface area contributed by atoms with Gasteiger partial charge < -0.3 is 9.47 Å². The Balaban J connectivity index is 1.64. The van der Waals surface area contributed by atoms with Gasteiger partial charge in [-0.25, -0.2) is 9.38 Å². The van der Waals surface area contributed by atoms with Gasteiger partial charge in [0, 0.05) is 11.8 Å². The van der Waals surface area contributed by atoms with Gasteiger partial charge in [0.05, 0.1) is 36.2 Å². The van der Waals surface area contributed by atoms with Crippen molar-refractivity contribution in [2.75, 3.05) is 7.11 Å². The lowest BCUT2D eigenvalue weighted by molar-refractivity contribution is -0.0538. The summed E-state index contributed by atoms with van der Waals surface area (Å²) in [6, 6.07) is 8.94. The molecule has 0 N–H and O–H groups in total. The zero-order valence-corrected chi connectivity index (χ0v) is 14.9. The zero-order valence-electron chi connectivity index (χ0n) is 14.1. The average Bonchev–Trinajstić information content (AvgIpc) is 2.60. The molecule has 130 valence electrons. The minimum Gasteiger partial charge on any atom is -0.494 e. The highest BCUT2D eigenvalue weighted by Gasteiger charge is 2.31. The van der Waals surface area contributed by atoms with Crippen LogP contribution in [-0.4, -0.2) is 29.4 Å². The molecule has 4 nitrogen and oxygen atoms in total. The van der Waals surface area contributed by atoms with Gasteiger partial charge in [0.25, 0.3) is 0 Å². The molecular weight excluding hydrogens is 339 g/mol. The van der Waals surface area contributed by atoms with Crippen LogP contribution in [-0.2, 0) is 4.74 Å². The van der Waals surface area contributed by atoms with Gasteiger partial charge in [-0.15, -0.1) is 0 Å². The lowest BCUT2D eigenvalue weighted by Gasteiger charge is -2.33. The Morgan fingerprint density at radius 1 is 1.28 bits per heavy atom. The van der Waals surface area contributed by atoms with Crippen molar-refractivity contribution in [3.63, 3.8) is 0 Å². The van der Waals surface area contributed by atoms with E-state index in [-0.39, 0.29) is 29.8 Å². The van der Waals surface area contributed by atoms with E-state index < -0.39 is 0 Å². The number of ether oxygens (including phenoxy) is 2. The summed E-state index contributed by atoms with van der Waals surface area (Å²) in [6.07, 6.45) is 3.55. The molecule has 1 atom stereocenters. The maximum atomic E-state index is 13.8. The summed E-state index contributed by atoms with van der Waals surface area (Å²) < 4.78 is 24.8. The minimum absolute atomic E-state index is 0.107. The van der Waals surface area contributed by atoms with Gasteiger partial charge in [-0.1, -0.05) is 12.1 Å². The third-order valence-corrected chi connectivity index (χ3v) is 4.50. The Morgan fingerprint density at radius 2 is 2.04 bits per heavy atom. The van der Waals surface area contributed by atoms with Crippen LogP contribution in [0, 0.1) is 5.82 Å². The number of aliphatic imine (C=N–C) groups is 1. The van der Waals surface area contributed by atoms with Crippen molar-refractivity contribution in [3.05, 3.63) is 48.0 Å². The molecule has 0 bridgehead atoms. The van der Waals surface area contributed by atoms with Crippen LogP contribution in [0.3, 0.4) is 0 Å². The van der Waals surface area contributed by atoms with E-state index >= 15 is 0 Å². The smallest absolute Gasteiger partial charge is 0.165 e. The molecule has 1 unspecified atom stereocenters. The highest BCUT2D eigenvalue weighted by Crippen LogP contribution is 2.31. The Labute approximate surface area is 151 Å². The molecule has 1 aliphatic rings. The van der Waals surface area contributed by atoms with E-state index in [2.05, 4.69) is 27.4 Å². The van der Waals surface area contributed by atoms with E-state index in [0.717, 1.165) is 29.7 Å². The van der Waals surface area contributed by atoms with Gasteiger partial charge in [0.15, 0.2) is 11.6 Å². The number of hydrogen-bond acceptors (Lipinski definition) is 5.